The maximum absolute atomic E-state index is 14.0. The van der Waals surface area contributed by atoms with Crippen LogP contribution in [0.5, 0.6) is 5.75 Å². The maximum atomic E-state index is 14.0. The Bertz CT molecular complexity index is 1390. The number of aryl methyl sites for hydroxylation is 1. The van der Waals surface area contributed by atoms with E-state index in [9.17, 15) is 18.0 Å². The van der Waals surface area contributed by atoms with E-state index in [1.165, 1.54) is 17.0 Å². The van der Waals surface area contributed by atoms with Gasteiger partial charge in [0.25, 0.3) is 10.0 Å². The first-order valence-corrected chi connectivity index (χ1v) is 15.3. The van der Waals surface area contributed by atoms with E-state index in [4.69, 9.17) is 4.74 Å². The number of anilines is 1. The van der Waals surface area contributed by atoms with Crippen molar-refractivity contribution in [3.63, 3.8) is 0 Å². The number of sulfonamides is 1. The van der Waals surface area contributed by atoms with Crippen LogP contribution in [-0.4, -0.2) is 50.9 Å². The Labute approximate surface area is 245 Å². The van der Waals surface area contributed by atoms with Gasteiger partial charge in [-0.05, 0) is 81.3 Å². The minimum atomic E-state index is -4.11. The summed E-state index contributed by atoms with van der Waals surface area (Å²) < 4.78 is 34.9. The van der Waals surface area contributed by atoms with E-state index in [1.807, 2.05) is 39.8 Å². The van der Waals surface area contributed by atoms with Crippen molar-refractivity contribution < 1.29 is 22.7 Å². The van der Waals surface area contributed by atoms with Gasteiger partial charge >= 0.3 is 0 Å². The minimum Gasteiger partial charge on any atom is -0.497 e. The highest BCUT2D eigenvalue weighted by atomic mass is 79.9. The van der Waals surface area contributed by atoms with Crippen LogP contribution in [0.3, 0.4) is 0 Å². The zero-order valence-corrected chi connectivity index (χ0v) is 25.8. The molecule has 0 aliphatic rings. The number of hydrogen-bond donors (Lipinski definition) is 1. The molecule has 0 aromatic heterocycles. The van der Waals surface area contributed by atoms with E-state index in [-0.39, 0.29) is 23.4 Å². The summed E-state index contributed by atoms with van der Waals surface area (Å²) in [5, 5.41) is 2.90. The van der Waals surface area contributed by atoms with Gasteiger partial charge in [0.1, 0.15) is 18.3 Å². The molecule has 0 spiro atoms. The van der Waals surface area contributed by atoms with Crippen LogP contribution >= 0.6 is 15.9 Å². The second kappa shape index (κ2) is 13.8. The summed E-state index contributed by atoms with van der Waals surface area (Å²) >= 11 is 3.39. The van der Waals surface area contributed by atoms with Crippen molar-refractivity contribution in [3.05, 3.63) is 88.4 Å². The minimum absolute atomic E-state index is 0.0696. The molecule has 40 heavy (non-hydrogen) atoms. The van der Waals surface area contributed by atoms with E-state index in [0.717, 1.165) is 19.9 Å². The summed E-state index contributed by atoms with van der Waals surface area (Å²) in [4.78, 5) is 28.8. The van der Waals surface area contributed by atoms with E-state index < -0.39 is 28.5 Å². The predicted molar refractivity (Wildman–Crippen MR) is 161 cm³/mol. The molecule has 0 saturated heterocycles. The summed E-state index contributed by atoms with van der Waals surface area (Å²) in [5.41, 5.74) is 2.03. The van der Waals surface area contributed by atoms with Gasteiger partial charge in [-0.1, -0.05) is 52.7 Å². The molecular formula is C30H36BrN3O5S. The highest BCUT2D eigenvalue weighted by Crippen LogP contribution is 2.27. The molecule has 3 rings (SSSR count). The van der Waals surface area contributed by atoms with Crippen molar-refractivity contribution in [1.82, 2.24) is 10.2 Å². The lowest BCUT2D eigenvalue weighted by Gasteiger charge is -2.33. The Morgan fingerprint density at radius 3 is 2.08 bits per heavy atom. The van der Waals surface area contributed by atoms with Gasteiger partial charge in [0.2, 0.25) is 11.8 Å². The fraction of sp³-hybridized carbons (Fsp3) is 0.333. The molecule has 8 nitrogen and oxygen atoms in total. The van der Waals surface area contributed by atoms with Crippen LogP contribution in [-0.2, 0) is 26.2 Å². The van der Waals surface area contributed by atoms with Gasteiger partial charge in [-0.15, -0.1) is 0 Å². The molecule has 1 unspecified atom stereocenters. The lowest BCUT2D eigenvalue weighted by Crippen LogP contribution is -2.53. The molecule has 1 N–H and O–H groups in total. The molecule has 10 heteroatoms. The first kappa shape index (κ1) is 31.2. The summed E-state index contributed by atoms with van der Waals surface area (Å²) in [5.74, 6) is -0.132. The van der Waals surface area contributed by atoms with E-state index in [1.54, 1.807) is 55.6 Å². The number of rotatable bonds is 12. The average molecular weight is 631 g/mol. The Kier molecular flexibility index (Phi) is 10.8. The van der Waals surface area contributed by atoms with Crippen LogP contribution in [0.15, 0.2) is 82.2 Å². The SMILES string of the molecule is CCC(C(=O)NC(C)C)N(Cc1ccc(OC)cc1)C(=O)CN(c1ccc(Br)cc1)S(=O)(=O)c1ccc(C)cc1. The molecule has 0 heterocycles. The fourth-order valence-electron chi connectivity index (χ4n) is 4.20. The van der Waals surface area contributed by atoms with Gasteiger partial charge in [-0.2, -0.15) is 0 Å². The van der Waals surface area contributed by atoms with Crippen molar-refractivity contribution in [3.8, 4) is 5.75 Å². The van der Waals surface area contributed by atoms with Crippen LogP contribution in [0, 0.1) is 6.92 Å². The highest BCUT2D eigenvalue weighted by molar-refractivity contribution is 9.10. The van der Waals surface area contributed by atoms with Gasteiger partial charge in [0, 0.05) is 17.1 Å². The monoisotopic (exact) mass is 629 g/mol. The lowest BCUT2D eigenvalue weighted by atomic mass is 10.1. The number of nitrogens with zero attached hydrogens (tertiary/aromatic N) is 2. The normalized spacial score (nSPS) is 12.1. The standard InChI is InChI=1S/C30H36BrN3O5S/c1-6-28(30(36)32-21(2)3)33(19-23-9-15-26(39-5)16-10-23)29(35)20-34(25-13-11-24(31)12-14-25)40(37,38)27-17-7-22(4)8-18-27/h7-18,21,28H,6,19-20H2,1-5H3,(H,32,36). The average Bonchev–Trinajstić information content (AvgIpc) is 2.92. The summed E-state index contributed by atoms with van der Waals surface area (Å²) in [7, 11) is -2.54. The summed E-state index contributed by atoms with van der Waals surface area (Å²) in [6.07, 6.45) is 0.351. The number of methoxy groups -OCH3 is 1. The Morgan fingerprint density at radius 1 is 0.950 bits per heavy atom. The van der Waals surface area contributed by atoms with Crippen LogP contribution in [0.25, 0.3) is 0 Å². The molecule has 3 aromatic carbocycles. The smallest absolute Gasteiger partial charge is 0.264 e. The van der Waals surface area contributed by atoms with Crippen molar-refractivity contribution in [2.45, 2.75) is 57.6 Å². The molecule has 0 fully saturated rings. The van der Waals surface area contributed by atoms with Crippen molar-refractivity contribution in [2.75, 3.05) is 18.0 Å². The molecule has 0 aliphatic heterocycles. The number of carbonyl (C=O) groups is 2. The van der Waals surface area contributed by atoms with Crippen molar-refractivity contribution in [2.24, 2.45) is 0 Å². The Balaban J connectivity index is 2.05. The number of hydrogen-bond acceptors (Lipinski definition) is 5. The molecule has 0 radical (unpaired) electrons. The number of benzene rings is 3. The second-order valence-electron chi connectivity index (χ2n) is 9.76. The third-order valence-corrected chi connectivity index (χ3v) is 8.65. The number of amides is 2. The molecule has 0 bridgehead atoms. The Morgan fingerprint density at radius 2 is 1.55 bits per heavy atom. The van der Waals surface area contributed by atoms with Gasteiger partial charge < -0.3 is 15.0 Å². The van der Waals surface area contributed by atoms with Crippen molar-refractivity contribution >= 4 is 43.5 Å². The number of halogens is 1. The number of carbonyl (C=O) groups excluding carboxylic acids is 2. The third kappa shape index (κ3) is 7.85. The molecule has 0 aliphatic carbocycles. The third-order valence-electron chi connectivity index (χ3n) is 6.33. The van der Waals surface area contributed by atoms with E-state index in [0.29, 0.717) is 17.9 Å². The van der Waals surface area contributed by atoms with Crippen LogP contribution in [0.4, 0.5) is 5.69 Å². The van der Waals surface area contributed by atoms with Crippen molar-refractivity contribution in [1.29, 1.82) is 0 Å². The molecule has 1 atom stereocenters. The molecule has 214 valence electrons. The number of nitrogens with one attached hydrogen (secondary N) is 1. The van der Waals surface area contributed by atoms with Gasteiger partial charge in [-0.3, -0.25) is 13.9 Å². The highest BCUT2D eigenvalue weighted by Gasteiger charge is 2.33. The molecule has 0 saturated carbocycles. The Hall–Kier alpha value is -3.37. The van der Waals surface area contributed by atoms with Gasteiger partial charge in [-0.25, -0.2) is 8.42 Å². The fourth-order valence-corrected chi connectivity index (χ4v) is 5.88. The van der Waals surface area contributed by atoms with Crippen LogP contribution in [0.2, 0.25) is 0 Å². The molecule has 2 amide bonds. The first-order chi connectivity index (χ1) is 19.0. The lowest BCUT2D eigenvalue weighted by molar-refractivity contribution is -0.140. The largest absolute Gasteiger partial charge is 0.497 e. The number of ether oxygens (including phenoxy) is 1. The first-order valence-electron chi connectivity index (χ1n) is 13.0. The zero-order valence-electron chi connectivity index (χ0n) is 23.4. The van der Waals surface area contributed by atoms with E-state index >= 15 is 0 Å². The summed E-state index contributed by atoms with van der Waals surface area (Å²) in [6.45, 7) is 7.03. The predicted octanol–water partition coefficient (Wildman–Crippen LogP) is 5.29. The quantitative estimate of drug-likeness (QED) is 0.294. The second-order valence-corrected chi connectivity index (χ2v) is 12.5. The summed E-state index contributed by atoms with van der Waals surface area (Å²) in [6, 6.07) is 19.5. The van der Waals surface area contributed by atoms with Crippen LogP contribution in [0.1, 0.15) is 38.3 Å². The van der Waals surface area contributed by atoms with Gasteiger partial charge in [0.15, 0.2) is 0 Å². The zero-order chi connectivity index (χ0) is 29.4. The maximum Gasteiger partial charge on any atom is 0.264 e. The molecular weight excluding hydrogens is 594 g/mol. The van der Waals surface area contributed by atoms with Crippen LogP contribution < -0.4 is 14.4 Å². The van der Waals surface area contributed by atoms with Gasteiger partial charge in [0.05, 0.1) is 17.7 Å². The molecule has 3 aromatic rings. The van der Waals surface area contributed by atoms with E-state index in [2.05, 4.69) is 21.2 Å². The topological polar surface area (TPSA) is 96.0 Å².